The highest BCUT2D eigenvalue weighted by molar-refractivity contribution is 7.81. The first kappa shape index (κ1) is 18.0. The van der Waals surface area contributed by atoms with Crippen molar-refractivity contribution in [3.8, 4) is 0 Å². The molecule has 0 spiro atoms. The van der Waals surface area contributed by atoms with Gasteiger partial charge in [0.2, 0.25) is 0 Å². The van der Waals surface area contributed by atoms with Crippen molar-refractivity contribution in [2.24, 2.45) is 0 Å². The van der Waals surface area contributed by atoms with Crippen molar-refractivity contribution in [2.75, 3.05) is 0 Å². The molecule has 0 amide bonds. The molecule has 1 heterocycles. The summed E-state index contributed by atoms with van der Waals surface area (Å²) in [5, 5.41) is 2.91. The van der Waals surface area contributed by atoms with Gasteiger partial charge in [-0.2, -0.15) is 28.2 Å². The van der Waals surface area contributed by atoms with Gasteiger partial charge >= 0.3 is 20.8 Å². The highest BCUT2D eigenvalue weighted by atomic mass is 32.3. The summed E-state index contributed by atoms with van der Waals surface area (Å²) in [4.78, 5) is 0. The van der Waals surface area contributed by atoms with Crippen molar-refractivity contribution in [1.29, 1.82) is 0 Å². The van der Waals surface area contributed by atoms with Gasteiger partial charge in [0.15, 0.2) is 0 Å². The molecule has 2 unspecified atom stereocenters. The van der Waals surface area contributed by atoms with E-state index in [1.54, 1.807) is 0 Å². The van der Waals surface area contributed by atoms with E-state index in [1.165, 1.54) is 10.8 Å². The van der Waals surface area contributed by atoms with Gasteiger partial charge in [0.05, 0.1) is 0 Å². The first-order valence-corrected chi connectivity index (χ1v) is 8.87. The van der Waals surface area contributed by atoms with E-state index in [4.69, 9.17) is 9.11 Å². The van der Waals surface area contributed by atoms with E-state index in [9.17, 15) is 16.8 Å². The molecule has 0 bridgehead atoms. The van der Waals surface area contributed by atoms with Gasteiger partial charge in [0, 0.05) is 11.1 Å². The topological polar surface area (TPSA) is 127 Å². The number of hydrogen-bond donors (Lipinski definition) is 2. The molecule has 0 aliphatic carbocycles. The molecule has 118 valence electrons. The van der Waals surface area contributed by atoms with Crippen LogP contribution in [0.5, 0.6) is 0 Å². The zero-order valence-corrected chi connectivity index (χ0v) is 12.9. The molecule has 0 aliphatic rings. The fraction of sp³-hybridized carbons (Fsp3) is 0.200. The number of thiophene rings is 1. The Labute approximate surface area is 126 Å². The third kappa shape index (κ3) is 5.67. The highest BCUT2D eigenvalue weighted by Crippen LogP contribution is 2.34. The van der Waals surface area contributed by atoms with Gasteiger partial charge in [0.25, 0.3) is 0 Å². The van der Waals surface area contributed by atoms with Crippen molar-refractivity contribution >= 4 is 32.1 Å². The molecule has 2 N–H and O–H groups in total. The second-order valence-corrected chi connectivity index (χ2v) is 6.48. The lowest BCUT2D eigenvalue weighted by molar-refractivity contribution is 0.205. The Morgan fingerprint density at radius 1 is 0.952 bits per heavy atom. The van der Waals surface area contributed by atoms with Crippen LogP contribution in [0.25, 0.3) is 0 Å². The molecule has 2 atom stereocenters. The third-order valence-electron chi connectivity index (χ3n) is 2.22. The van der Waals surface area contributed by atoms with Gasteiger partial charge in [-0.15, -0.1) is 13.2 Å². The summed E-state index contributed by atoms with van der Waals surface area (Å²) in [5.74, 6) is 0. The molecule has 0 fully saturated rings. The van der Waals surface area contributed by atoms with Crippen molar-refractivity contribution < 1.29 is 34.3 Å². The van der Waals surface area contributed by atoms with Crippen LogP contribution in [0.3, 0.4) is 0 Å². The molecule has 1 rings (SSSR count). The van der Waals surface area contributed by atoms with Crippen molar-refractivity contribution in [3.05, 3.63) is 47.2 Å². The van der Waals surface area contributed by atoms with Crippen LogP contribution in [0.1, 0.15) is 23.3 Å². The Bertz CT molecular complexity index is 655. The maximum Gasteiger partial charge on any atom is 0.398 e. The molecule has 0 aliphatic heterocycles. The van der Waals surface area contributed by atoms with Gasteiger partial charge < -0.3 is 0 Å². The van der Waals surface area contributed by atoms with Gasteiger partial charge in [-0.1, -0.05) is 12.2 Å². The fourth-order valence-electron chi connectivity index (χ4n) is 1.48. The van der Waals surface area contributed by atoms with E-state index in [0.29, 0.717) is 0 Å². The second kappa shape index (κ2) is 6.79. The SMILES string of the molecule is C=CC(OS(=O)(=O)O)c1cscc1C(C=C)OS(=O)(=O)O. The standard InChI is InChI=1S/C10H12O8S3/c1-3-9(17-20(11,12)13)7-5-19-6-8(7)10(4-2)18-21(14,15)16/h3-6,9-10H,1-2H2,(H,11,12,13)(H,14,15,16). The maximum absolute atomic E-state index is 10.8. The monoisotopic (exact) mass is 356 g/mol. The first-order chi connectivity index (χ1) is 9.57. The summed E-state index contributed by atoms with van der Waals surface area (Å²) in [6.07, 6.45) is -0.331. The predicted octanol–water partition coefficient (Wildman–Crippen LogP) is 1.84. The lowest BCUT2D eigenvalue weighted by Gasteiger charge is -2.16. The fourth-order valence-corrected chi connectivity index (χ4v) is 3.27. The largest absolute Gasteiger partial charge is 0.398 e. The lowest BCUT2D eigenvalue weighted by atomic mass is 10.0. The molecule has 11 heteroatoms. The third-order valence-corrected chi connectivity index (χ3v) is 3.90. The second-order valence-electron chi connectivity index (χ2n) is 3.64. The van der Waals surface area contributed by atoms with E-state index in [0.717, 1.165) is 23.5 Å². The normalized spacial score (nSPS) is 15.3. The zero-order valence-electron chi connectivity index (χ0n) is 10.4. The van der Waals surface area contributed by atoms with E-state index in [2.05, 4.69) is 21.5 Å². The zero-order chi connectivity index (χ0) is 16.3. The molecule has 0 saturated carbocycles. The number of rotatable bonds is 8. The summed E-state index contributed by atoms with van der Waals surface area (Å²) in [7, 11) is -9.49. The summed E-state index contributed by atoms with van der Waals surface area (Å²) < 4.78 is 69.3. The van der Waals surface area contributed by atoms with Crippen LogP contribution in [0.2, 0.25) is 0 Å². The van der Waals surface area contributed by atoms with Crippen LogP contribution in [-0.2, 0) is 29.2 Å². The molecular weight excluding hydrogens is 344 g/mol. The van der Waals surface area contributed by atoms with Crippen LogP contribution in [-0.4, -0.2) is 25.9 Å². The summed E-state index contributed by atoms with van der Waals surface area (Å²) in [6, 6.07) is 0. The highest BCUT2D eigenvalue weighted by Gasteiger charge is 2.25. The van der Waals surface area contributed by atoms with Gasteiger partial charge in [0.1, 0.15) is 12.2 Å². The Morgan fingerprint density at radius 2 is 1.29 bits per heavy atom. The number of hydrogen-bond acceptors (Lipinski definition) is 7. The van der Waals surface area contributed by atoms with E-state index >= 15 is 0 Å². The van der Waals surface area contributed by atoms with E-state index in [1.807, 2.05) is 0 Å². The van der Waals surface area contributed by atoms with Gasteiger partial charge in [-0.3, -0.25) is 9.11 Å². The van der Waals surface area contributed by atoms with Crippen LogP contribution in [0.15, 0.2) is 36.1 Å². The van der Waals surface area contributed by atoms with Gasteiger partial charge in [-0.25, -0.2) is 8.37 Å². The van der Waals surface area contributed by atoms with Crippen LogP contribution < -0.4 is 0 Å². The van der Waals surface area contributed by atoms with Crippen LogP contribution in [0.4, 0.5) is 0 Å². The Kier molecular flexibility index (Phi) is 5.81. The Hall–Kier alpha value is -1.08. The smallest absolute Gasteiger partial charge is 0.264 e. The minimum atomic E-state index is -4.75. The summed E-state index contributed by atoms with van der Waals surface area (Å²) >= 11 is 1.10. The Balaban J connectivity index is 3.20. The molecular formula is C10H12O8S3. The molecule has 0 saturated heterocycles. The average molecular weight is 356 g/mol. The minimum Gasteiger partial charge on any atom is -0.264 e. The first-order valence-electron chi connectivity index (χ1n) is 5.20. The maximum atomic E-state index is 10.8. The van der Waals surface area contributed by atoms with E-state index in [-0.39, 0.29) is 11.1 Å². The van der Waals surface area contributed by atoms with Crippen LogP contribution >= 0.6 is 11.3 Å². The van der Waals surface area contributed by atoms with Crippen molar-refractivity contribution in [2.45, 2.75) is 12.2 Å². The van der Waals surface area contributed by atoms with E-state index < -0.39 is 33.0 Å². The Morgan fingerprint density at radius 3 is 1.52 bits per heavy atom. The predicted molar refractivity (Wildman–Crippen MR) is 75.5 cm³/mol. The van der Waals surface area contributed by atoms with Crippen LogP contribution in [0, 0.1) is 0 Å². The lowest BCUT2D eigenvalue weighted by Crippen LogP contribution is -2.13. The van der Waals surface area contributed by atoms with Crippen molar-refractivity contribution in [3.63, 3.8) is 0 Å². The molecule has 0 radical (unpaired) electrons. The van der Waals surface area contributed by atoms with Gasteiger partial charge in [-0.05, 0) is 10.8 Å². The molecule has 1 aromatic rings. The summed E-state index contributed by atoms with van der Waals surface area (Å²) in [5.41, 5.74) is 0.391. The molecule has 21 heavy (non-hydrogen) atoms. The summed E-state index contributed by atoms with van der Waals surface area (Å²) in [6.45, 7) is 6.74. The van der Waals surface area contributed by atoms with Crippen molar-refractivity contribution in [1.82, 2.24) is 0 Å². The minimum absolute atomic E-state index is 0.196. The molecule has 8 nitrogen and oxygen atoms in total. The average Bonchev–Trinajstić information content (AvgIpc) is 2.79. The molecule has 1 aromatic heterocycles. The quantitative estimate of drug-likeness (QED) is 0.533. The molecule has 0 aromatic carbocycles.